The first-order valence-corrected chi connectivity index (χ1v) is 3.68. The molecule has 0 heterocycles. The number of hydrogen-bond acceptors (Lipinski definition) is 3. The van der Waals surface area contributed by atoms with Crippen LogP contribution in [0.2, 0.25) is 0 Å². The summed E-state index contributed by atoms with van der Waals surface area (Å²) >= 11 is 1.10. The van der Waals surface area contributed by atoms with E-state index < -0.39 is 0 Å². The molecule has 0 spiro atoms. The maximum atomic E-state index is 10.8. The van der Waals surface area contributed by atoms with E-state index in [1.807, 2.05) is 0 Å². The lowest BCUT2D eigenvalue weighted by Gasteiger charge is -1.98. The summed E-state index contributed by atoms with van der Waals surface area (Å²) in [6, 6.07) is 0. The van der Waals surface area contributed by atoms with Gasteiger partial charge < -0.3 is 10.7 Å². The monoisotopic (exact) mass is 158 g/mol. The number of thioether (sulfide) groups is 1. The summed E-state index contributed by atoms with van der Waals surface area (Å²) in [5, 5.41) is 9.19. The van der Waals surface area contributed by atoms with Crippen LogP contribution in [0.3, 0.4) is 0 Å². The topological polar surface area (TPSA) is 53.0 Å². The maximum Gasteiger partial charge on any atom is 0.257 e. The molecule has 0 aromatic heterocycles. The molecule has 0 unspecified atom stereocenters. The van der Waals surface area contributed by atoms with Gasteiger partial charge in [0, 0.05) is 7.05 Å². The van der Waals surface area contributed by atoms with Crippen molar-refractivity contribution in [3.05, 3.63) is 11.0 Å². The number of likely N-dealkylation sites (N-methyl/N-ethyl adjacent to an activating group) is 1. The van der Waals surface area contributed by atoms with Crippen molar-refractivity contribution in [3.8, 4) is 0 Å². The molecule has 0 aromatic rings. The molecule has 0 aliphatic carbocycles. The molecule has 0 radical (unpaired) electrons. The van der Waals surface area contributed by atoms with Crippen LogP contribution in [0.1, 0.15) is 6.92 Å². The first-order valence-electron chi connectivity index (χ1n) is 2.80. The van der Waals surface area contributed by atoms with Gasteiger partial charge in [-0.3, -0.25) is 4.79 Å². The molecule has 0 aliphatic heterocycles. The number of amides is 1. The van der Waals surface area contributed by atoms with Crippen LogP contribution < -0.4 is 5.32 Å². The van der Waals surface area contributed by atoms with E-state index >= 15 is 0 Å². The van der Waals surface area contributed by atoms with E-state index in [4.69, 9.17) is 5.41 Å². The van der Waals surface area contributed by atoms with E-state index in [2.05, 4.69) is 5.32 Å². The van der Waals surface area contributed by atoms with E-state index in [1.165, 1.54) is 0 Å². The Hall–Kier alpha value is -0.770. The fourth-order valence-corrected chi connectivity index (χ4v) is 0.911. The fraction of sp³-hybridized carbons (Fsp3) is 0.333. The Labute approximate surface area is 64.4 Å². The minimum Gasteiger partial charge on any atom is -0.355 e. The van der Waals surface area contributed by atoms with Crippen LogP contribution >= 0.6 is 11.8 Å². The largest absolute Gasteiger partial charge is 0.355 e. The average Bonchev–Trinajstić information content (AvgIpc) is 1.99. The number of carbonyl (C=O) groups excluding carboxylic acids is 1. The van der Waals surface area contributed by atoms with Gasteiger partial charge >= 0.3 is 0 Å². The summed E-state index contributed by atoms with van der Waals surface area (Å²) in [5.74, 6) is -0.143. The summed E-state index contributed by atoms with van der Waals surface area (Å²) in [6.07, 6.45) is 1.68. The van der Waals surface area contributed by atoms with Gasteiger partial charge in [-0.05, 0) is 6.92 Å². The highest BCUT2D eigenvalue weighted by molar-refractivity contribution is 8.16. The lowest BCUT2D eigenvalue weighted by Crippen LogP contribution is -2.18. The van der Waals surface area contributed by atoms with Gasteiger partial charge in [-0.25, -0.2) is 0 Å². The first kappa shape index (κ1) is 9.23. The highest BCUT2D eigenvalue weighted by Crippen LogP contribution is 2.10. The lowest BCUT2D eigenvalue weighted by atomic mass is 10.5. The number of allylic oxidation sites excluding steroid dienone is 1. The molecule has 0 aromatic carbocycles. The van der Waals surface area contributed by atoms with Crippen molar-refractivity contribution in [2.24, 2.45) is 0 Å². The van der Waals surface area contributed by atoms with Crippen molar-refractivity contribution in [3.63, 3.8) is 0 Å². The average molecular weight is 158 g/mol. The van der Waals surface area contributed by atoms with Gasteiger partial charge in [0.2, 0.25) is 0 Å². The summed E-state index contributed by atoms with van der Waals surface area (Å²) in [4.78, 5) is 11.4. The van der Waals surface area contributed by atoms with Gasteiger partial charge in [0.05, 0.1) is 10.5 Å². The molecule has 4 heteroatoms. The molecule has 1 amide bonds. The molecule has 0 bridgehead atoms. The Morgan fingerprint density at radius 2 is 2.30 bits per heavy atom. The molecule has 0 fully saturated rings. The standard InChI is InChI=1S/C6H10N2OS/c1-3-5(10-4-7)6(9)8-2/h3-4,7H,1-2H3,(H,8,9)/b5-3+,7-4?. The molecule has 0 aliphatic rings. The Morgan fingerprint density at radius 1 is 1.70 bits per heavy atom. The van der Waals surface area contributed by atoms with Crippen LogP contribution in [0, 0.1) is 5.41 Å². The molecular formula is C6H10N2OS. The Kier molecular flexibility index (Phi) is 4.66. The SMILES string of the molecule is C/C=C(/SC=N)C(=O)NC. The maximum absolute atomic E-state index is 10.8. The van der Waals surface area contributed by atoms with E-state index in [9.17, 15) is 4.79 Å². The smallest absolute Gasteiger partial charge is 0.257 e. The zero-order valence-electron chi connectivity index (χ0n) is 5.97. The number of rotatable bonds is 3. The predicted octanol–water partition coefficient (Wildman–Crippen LogP) is 0.976. The van der Waals surface area contributed by atoms with Crippen LogP contribution in [0.4, 0.5) is 0 Å². The van der Waals surface area contributed by atoms with Gasteiger partial charge in [-0.1, -0.05) is 17.8 Å². The van der Waals surface area contributed by atoms with Crippen LogP contribution in [-0.4, -0.2) is 18.5 Å². The molecule has 0 saturated heterocycles. The van der Waals surface area contributed by atoms with Crippen molar-refractivity contribution in [1.82, 2.24) is 5.32 Å². The zero-order valence-corrected chi connectivity index (χ0v) is 6.79. The van der Waals surface area contributed by atoms with Gasteiger partial charge in [0.1, 0.15) is 0 Å². The quantitative estimate of drug-likeness (QED) is 0.365. The van der Waals surface area contributed by atoms with Gasteiger partial charge in [-0.2, -0.15) is 0 Å². The molecule has 0 saturated carbocycles. The van der Waals surface area contributed by atoms with Crippen LogP contribution in [0.25, 0.3) is 0 Å². The third kappa shape index (κ3) is 2.68. The van der Waals surface area contributed by atoms with Crippen molar-refractivity contribution in [2.75, 3.05) is 7.05 Å². The normalized spacial score (nSPS) is 10.8. The summed E-state index contributed by atoms with van der Waals surface area (Å²) in [6.45, 7) is 1.76. The van der Waals surface area contributed by atoms with Gasteiger partial charge in [-0.15, -0.1) is 0 Å². The van der Waals surface area contributed by atoms with Gasteiger partial charge in [0.15, 0.2) is 0 Å². The second-order valence-electron chi connectivity index (χ2n) is 1.47. The lowest BCUT2D eigenvalue weighted by molar-refractivity contribution is -0.116. The second-order valence-corrected chi connectivity index (χ2v) is 2.38. The molecule has 3 nitrogen and oxygen atoms in total. The zero-order chi connectivity index (χ0) is 7.98. The van der Waals surface area contributed by atoms with E-state index in [1.54, 1.807) is 20.0 Å². The molecule has 2 N–H and O–H groups in total. The fourth-order valence-electron chi connectivity index (χ4n) is 0.439. The molecule has 0 atom stereocenters. The minimum absolute atomic E-state index is 0.143. The van der Waals surface area contributed by atoms with Crippen LogP contribution in [0.15, 0.2) is 11.0 Å². The van der Waals surface area contributed by atoms with Gasteiger partial charge in [0.25, 0.3) is 5.91 Å². The molecule has 56 valence electrons. The number of hydrogen-bond donors (Lipinski definition) is 2. The third-order valence-electron chi connectivity index (χ3n) is 0.899. The number of carbonyl (C=O) groups is 1. The highest BCUT2D eigenvalue weighted by Gasteiger charge is 2.03. The summed E-state index contributed by atoms with van der Waals surface area (Å²) < 4.78 is 0. The number of nitrogens with one attached hydrogen (secondary N) is 2. The second kappa shape index (κ2) is 5.05. The van der Waals surface area contributed by atoms with Crippen LogP contribution in [0.5, 0.6) is 0 Å². The van der Waals surface area contributed by atoms with E-state index in [0.29, 0.717) is 4.91 Å². The van der Waals surface area contributed by atoms with Crippen molar-refractivity contribution in [2.45, 2.75) is 6.92 Å². The highest BCUT2D eigenvalue weighted by atomic mass is 32.2. The predicted molar refractivity (Wildman–Crippen MR) is 44.2 cm³/mol. The van der Waals surface area contributed by atoms with Crippen molar-refractivity contribution >= 4 is 23.2 Å². The van der Waals surface area contributed by atoms with Crippen LogP contribution in [-0.2, 0) is 4.79 Å². The molecule has 0 rings (SSSR count). The third-order valence-corrected chi connectivity index (χ3v) is 1.69. The Balaban J connectivity index is 4.08. The summed E-state index contributed by atoms with van der Waals surface area (Å²) in [7, 11) is 1.57. The van der Waals surface area contributed by atoms with E-state index in [-0.39, 0.29) is 5.91 Å². The Morgan fingerprint density at radius 3 is 2.60 bits per heavy atom. The van der Waals surface area contributed by atoms with E-state index in [0.717, 1.165) is 17.3 Å². The minimum atomic E-state index is -0.143. The Bertz CT molecular complexity index is 165. The summed E-state index contributed by atoms with van der Waals surface area (Å²) in [5.41, 5.74) is 1.13. The molecular weight excluding hydrogens is 148 g/mol. The van der Waals surface area contributed by atoms with Crippen molar-refractivity contribution < 1.29 is 4.79 Å². The molecule has 10 heavy (non-hydrogen) atoms. The van der Waals surface area contributed by atoms with Crippen molar-refractivity contribution in [1.29, 1.82) is 5.41 Å². The first-order chi connectivity index (χ1) is 4.76.